The molecule has 2 heteroatoms. The number of ether oxygens (including phenoxy) is 1. The van der Waals surface area contributed by atoms with Gasteiger partial charge in [-0.05, 0) is 17.7 Å². The fourth-order valence-corrected chi connectivity index (χ4v) is 1.45. The Labute approximate surface area is 88.8 Å². The Balaban J connectivity index is 2.43. The second-order valence-corrected chi connectivity index (χ2v) is 3.05. The SMILES string of the molecule is OCOc1ccccc1-c1[c]cccc1. The zero-order chi connectivity index (χ0) is 10.5. The van der Waals surface area contributed by atoms with Crippen molar-refractivity contribution in [1.29, 1.82) is 0 Å². The minimum absolute atomic E-state index is 0.316. The maximum absolute atomic E-state index is 8.76. The average Bonchev–Trinajstić information content (AvgIpc) is 2.31. The summed E-state index contributed by atoms with van der Waals surface area (Å²) >= 11 is 0. The van der Waals surface area contributed by atoms with Gasteiger partial charge in [-0.15, -0.1) is 0 Å². The molecular weight excluding hydrogens is 188 g/mol. The van der Waals surface area contributed by atoms with Gasteiger partial charge in [-0.25, -0.2) is 0 Å². The van der Waals surface area contributed by atoms with E-state index in [0.717, 1.165) is 11.1 Å². The summed E-state index contributed by atoms with van der Waals surface area (Å²) in [6.07, 6.45) is 0. The summed E-state index contributed by atoms with van der Waals surface area (Å²) in [5, 5.41) is 8.76. The topological polar surface area (TPSA) is 29.5 Å². The molecule has 0 aliphatic heterocycles. The summed E-state index contributed by atoms with van der Waals surface area (Å²) in [6, 6.07) is 18.4. The second kappa shape index (κ2) is 4.62. The smallest absolute Gasteiger partial charge is 0.186 e. The van der Waals surface area contributed by atoms with Crippen LogP contribution in [-0.4, -0.2) is 11.9 Å². The van der Waals surface area contributed by atoms with Crippen molar-refractivity contribution in [2.24, 2.45) is 0 Å². The predicted molar refractivity (Wildman–Crippen MR) is 58.4 cm³/mol. The van der Waals surface area contributed by atoms with Crippen molar-refractivity contribution in [3.63, 3.8) is 0 Å². The maximum atomic E-state index is 8.76. The number of hydrogen-bond acceptors (Lipinski definition) is 2. The molecule has 1 N–H and O–H groups in total. The highest BCUT2D eigenvalue weighted by Gasteiger charge is 2.04. The zero-order valence-corrected chi connectivity index (χ0v) is 8.18. The van der Waals surface area contributed by atoms with Gasteiger partial charge in [0, 0.05) is 5.56 Å². The van der Waals surface area contributed by atoms with Gasteiger partial charge in [0.15, 0.2) is 6.79 Å². The lowest BCUT2D eigenvalue weighted by Crippen LogP contribution is -1.96. The van der Waals surface area contributed by atoms with E-state index in [4.69, 9.17) is 9.84 Å². The highest BCUT2D eigenvalue weighted by atomic mass is 16.6. The summed E-state index contributed by atoms with van der Waals surface area (Å²) < 4.78 is 5.13. The number of aliphatic hydroxyl groups is 1. The molecular formula is C13H11O2. The Bertz CT molecular complexity index is 424. The Hall–Kier alpha value is -1.80. The standard InChI is InChI=1S/C13H11O2/c14-10-15-13-9-5-4-8-12(13)11-6-2-1-3-7-11/h1-6,8-9,14H,10H2. The van der Waals surface area contributed by atoms with Crippen LogP contribution in [0.2, 0.25) is 0 Å². The van der Waals surface area contributed by atoms with Gasteiger partial charge < -0.3 is 9.84 Å². The molecule has 0 fully saturated rings. The third-order valence-electron chi connectivity index (χ3n) is 2.11. The first-order chi connectivity index (χ1) is 7.42. The summed E-state index contributed by atoms with van der Waals surface area (Å²) in [7, 11) is 0. The number of aliphatic hydroxyl groups excluding tert-OH is 1. The lowest BCUT2D eigenvalue weighted by molar-refractivity contribution is 0.0991. The van der Waals surface area contributed by atoms with E-state index in [1.54, 1.807) is 0 Å². The van der Waals surface area contributed by atoms with Crippen molar-refractivity contribution >= 4 is 0 Å². The molecule has 2 aromatic rings. The minimum atomic E-state index is -0.316. The molecule has 0 bridgehead atoms. The first-order valence-electron chi connectivity index (χ1n) is 4.71. The van der Waals surface area contributed by atoms with Crippen LogP contribution in [0.5, 0.6) is 5.75 Å². The first kappa shape index (κ1) is 9.74. The Kier molecular flexibility index (Phi) is 3.00. The molecule has 0 aliphatic rings. The number of para-hydroxylation sites is 1. The Morgan fingerprint density at radius 1 is 1.07 bits per heavy atom. The van der Waals surface area contributed by atoms with Crippen LogP contribution in [-0.2, 0) is 0 Å². The predicted octanol–water partition coefficient (Wildman–Crippen LogP) is 2.48. The van der Waals surface area contributed by atoms with Gasteiger partial charge in [0.1, 0.15) is 5.75 Å². The maximum Gasteiger partial charge on any atom is 0.186 e. The minimum Gasteiger partial charge on any atom is -0.467 e. The van der Waals surface area contributed by atoms with Gasteiger partial charge in [-0.1, -0.05) is 42.5 Å². The van der Waals surface area contributed by atoms with E-state index >= 15 is 0 Å². The zero-order valence-electron chi connectivity index (χ0n) is 8.18. The Morgan fingerprint density at radius 3 is 2.60 bits per heavy atom. The van der Waals surface area contributed by atoms with Crippen molar-refractivity contribution < 1.29 is 9.84 Å². The number of benzene rings is 2. The number of rotatable bonds is 3. The van der Waals surface area contributed by atoms with Gasteiger partial charge in [0.25, 0.3) is 0 Å². The monoisotopic (exact) mass is 199 g/mol. The van der Waals surface area contributed by atoms with Gasteiger partial charge in [0.2, 0.25) is 0 Å². The number of hydrogen-bond donors (Lipinski definition) is 1. The van der Waals surface area contributed by atoms with Crippen LogP contribution < -0.4 is 4.74 Å². The van der Waals surface area contributed by atoms with Crippen molar-refractivity contribution in [2.45, 2.75) is 0 Å². The molecule has 75 valence electrons. The molecule has 0 unspecified atom stereocenters. The average molecular weight is 199 g/mol. The fourth-order valence-electron chi connectivity index (χ4n) is 1.45. The summed E-state index contributed by atoms with van der Waals surface area (Å²) in [6.45, 7) is -0.316. The molecule has 0 atom stereocenters. The highest BCUT2D eigenvalue weighted by Crippen LogP contribution is 2.28. The van der Waals surface area contributed by atoms with Crippen LogP contribution in [0.1, 0.15) is 0 Å². The molecule has 0 saturated heterocycles. The van der Waals surface area contributed by atoms with E-state index in [1.165, 1.54) is 0 Å². The van der Waals surface area contributed by atoms with Crippen molar-refractivity contribution in [2.75, 3.05) is 6.79 Å². The van der Waals surface area contributed by atoms with Gasteiger partial charge in [0.05, 0.1) is 0 Å². The highest BCUT2D eigenvalue weighted by molar-refractivity contribution is 5.69. The summed E-state index contributed by atoms with van der Waals surface area (Å²) in [5.41, 5.74) is 1.90. The van der Waals surface area contributed by atoms with Crippen molar-refractivity contribution in [1.82, 2.24) is 0 Å². The third-order valence-corrected chi connectivity index (χ3v) is 2.11. The van der Waals surface area contributed by atoms with Crippen molar-refractivity contribution in [3.8, 4) is 16.9 Å². The van der Waals surface area contributed by atoms with Gasteiger partial charge in [-0.2, -0.15) is 0 Å². The Morgan fingerprint density at radius 2 is 1.87 bits per heavy atom. The van der Waals surface area contributed by atoms with E-state index in [-0.39, 0.29) is 6.79 Å². The van der Waals surface area contributed by atoms with Gasteiger partial charge in [-0.3, -0.25) is 0 Å². The molecule has 1 radical (unpaired) electrons. The lowest BCUT2D eigenvalue weighted by atomic mass is 10.1. The first-order valence-corrected chi connectivity index (χ1v) is 4.71. The lowest BCUT2D eigenvalue weighted by Gasteiger charge is -2.08. The normalized spacial score (nSPS) is 9.93. The van der Waals surface area contributed by atoms with E-state index in [9.17, 15) is 0 Å². The quantitative estimate of drug-likeness (QED) is 0.769. The molecule has 0 spiro atoms. The van der Waals surface area contributed by atoms with E-state index in [2.05, 4.69) is 6.07 Å². The van der Waals surface area contributed by atoms with Crippen LogP contribution in [0.3, 0.4) is 0 Å². The molecule has 2 rings (SSSR count). The molecule has 2 aromatic carbocycles. The van der Waals surface area contributed by atoms with E-state index in [0.29, 0.717) is 5.75 Å². The van der Waals surface area contributed by atoms with Gasteiger partial charge >= 0.3 is 0 Å². The molecule has 2 nitrogen and oxygen atoms in total. The molecule has 15 heavy (non-hydrogen) atoms. The van der Waals surface area contributed by atoms with Crippen LogP contribution in [0.15, 0.2) is 48.5 Å². The third kappa shape index (κ3) is 2.17. The van der Waals surface area contributed by atoms with Crippen LogP contribution >= 0.6 is 0 Å². The van der Waals surface area contributed by atoms with Crippen molar-refractivity contribution in [3.05, 3.63) is 54.6 Å². The largest absolute Gasteiger partial charge is 0.467 e. The molecule has 0 aliphatic carbocycles. The molecule has 0 saturated carbocycles. The summed E-state index contributed by atoms with van der Waals surface area (Å²) in [4.78, 5) is 0. The van der Waals surface area contributed by atoms with Crippen LogP contribution in [0.25, 0.3) is 11.1 Å². The molecule has 0 heterocycles. The van der Waals surface area contributed by atoms with E-state index < -0.39 is 0 Å². The fraction of sp³-hybridized carbons (Fsp3) is 0.0769. The molecule has 0 amide bonds. The van der Waals surface area contributed by atoms with Crippen LogP contribution in [0.4, 0.5) is 0 Å². The van der Waals surface area contributed by atoms with E-state index in [1.807, 2.05) is 48.5 Å². The van der Waals surface area contributed by atoms with Crippen LogP contribution in [0, 0.1) is 6.07 Å². The molecule has 0 aromatic heterocycles. The summed E-state index contributed by atoms with van der Waals surface area (Å²) in [5.74, 6) is 0.669. The second-order valence-electron chi connectivity index (χ2n) is 3.05.